The fourth-order valence-electron chi connectivity index (χ4n) is 3.80. The lowest BCUT2D eigenvalue weighted by Crippen LogP contribution is -2.32. The number of rotatable bonds is 4. The van der Waals surface area contributed by atoms with Crippen LogP contribution in [-0.4, -0.2) is 30.3 Å². The molecular formula is C21H23NOS2. The van der Waals surface area contributed by atoms with Crippen molar-refractivity contribution in [1.82, 2.24) is 4.90 Å². The van der Waals surface area contributed by atoms with Gasteiger partial charge in [-0.05, 0) is 61.4 Å². The number of piperidine rings is 1. The summed E-state index contributed by atoms with van der Waals surface area (Å²) in [4.78, 5) is 15.0. The van der Waals surface area contributed by atoms with Crippen LogP contribution in [0.15, 0.2) is 50.4 Å². The second-order valence-corrected chi connectivity index (χ2v) is 9.07. The SMILES string of the molecule is CC(=O)CCCN1CCC(=C2c3ccccc3Sc3sccc32)CC1. The molecule has 4 rings (SSSR count). The Bertz CT molecular complexity index is 811. The van der Waals surface area contributed by atoms with E-state index in [-0.39, 0.29) is 0 Å². The van der Waals surface area contributed by atoms with Gasteiger partial charge in [0.1, 0.15) is 5.78 Å². The number of Topliss-reactive ketones (excluding diaryl/α,β-unsaturated/α-hetero) is 1. The maximum atomic E-state index is 11.1. The standard InChI is InChI=1S/C21H23NOS2/c1-15(23)5-4-11-22-12-8-16(9-13-22)20-17-6-2-3-7-19(17)25-21-18(20)10-14-24-21/h2-3,6-7,10,14H,4-5,8-9,11-13H2,1H3. The van der Waals surface area contributed by atoms with Crippen molar-refractivity contribution in [1.29, 1.82) is 0 Å². The Kier molecular flexibility index (Phi) is 5.11. The highest BCUT2D eigenvalue weighted by atomic mass is 32.2. The number of benzene rings is 1. The van der Waals surface area contributed by atoms with E-state index in [2.05, 4.69) is 40.6 Å². The van der Waals surface area contributed by atoms with Crippen molar-refractivity contribution in [3.63, 3.8) is 0 Å². The van der Waals surface area contributed by atoms with Crippen molar-refractivity contribution in [2.24, 2.45) is 0 Å². The first kappa shape index (κ1) is 17.1. The maximum Gasteiger partial charge on any atom is 0.129 e. The quantitative estimate of drug-likeness (QED) is 0.607. The summed E-state index contributed by atoms with van der Waals surface area (Å²) in [5.41, 5.74) is 5.95. The van der Waals surface area contributed by atoms with Crippen LogP contribution in [0.25, 0.3) is 5.57 Å². The smallest absolute Gasteiger partial charge is 0.129 e. The van der Waals surface area contributed by atoms with E-state index in [0.29, 0.717) is 12.2 Å². The molecule has 1 saturated heterocycles. The second-order valence-electron chi connectivity index (χ2n) is 6.85. The molecule has 0 saturated carbocycles. The molecule has 2 aliphatic rings. The molecule has 2 aliphatic heterocycles. The molecule has 1 aromatic carbocycles. The Morgan fingerprint density at radius 1 is 1.12 bits per heavy atom. The van der Waals surface area contributed by atoms with Crippen molar-refractivity contribution in [2.45, 2.75) is 41.7 Å². The Morgan fingerprint density at radius 3 is 2.72 bits per heavy atom. The first-order valence-electron chi connectivity index (χ1n) is 9.01. The molecule has 130 valence electrons. The van der Waals surface area contributed by atoms with Crippen LogP contribution in [0, 0.1) is 0 Å². The van der Waals surface area contributed by atoms with E-state index >= 15 is 0 Å². The average Bonchev–Trinajstić information content (AvgIpc) is 3.08. The van der Waals surface area contributed by atoms with Gasteiger partial charge in [-0.3, -0.25) is 0 Å². The zero-order chi connectivity index (χ0) is 17.2. The van der Waals surface area contributed by atoms with E-state index in [1.807, 2.05) is 23.1 Å². The first-order valence-corrected chi connectivity index (χ1v) is 10.7. The zero-order valence-corrected chi connectivity index (χ0v) is 16.2. The molecular weight excluding hydrogens is 346 g/mol. The second kappa shape index (κ2) is 7.48. The Labute approximate surface area is 157 Å². The van der Waals surface area contributed by atoms with Gasteiger partial charge < -0.3 is 9.69 Å². The fourth-order valence-corrected chi connectivity index (χ4v) is 5.96. The summed E-state index contributed by atoms with van der Waals surface area (Å²) >= 11 is 3.77. The summed E-state index contributed by atoms with van der Waals surface area (Å²) in [6.07, 6.45) is 4.00. The van der Waals surface area contributed by atoms with Crippen LogP contribution in [-0.2, 0) is 4.79 Å². The molecule has 25 heavy (non-hydrogen) atoms. The monoisotopic (exact) mass is 369 g/mol. The Morgan fingerprint density at radius 2 is 1.92 bits per heavy atom. The number of hydrogen-bond acceptors (Lipinski definition) is 4. The summed E-state index contributed by atoms with van der Waals surface area (Å²) in [5, 5.41) is 2.22. The predicted molar refractivity (Wildman–Crippen MR) is 106 cm³/mol. The summed E-state index contributed by atoms with van der Waals surface area (Å²) in [6, 6.07) is 11.1. The lowest BCUT2D eigenvalue weighted by molar-refractivity contribution is -0.117. The maximum absolute atomic E-state index is 11.1. The minimum Gasteiger partial charge on any atom is -0.303 e. The van der Waals surface area contributed by atoms with Crippen molar-refractivity contribution >= 4 is 34.5 Å². The van der Waals surface area contributed by atoms with E-state index in [1.54, 1.807) is 12.5 Å². The van der Waals surface area contributed by atoms with Gasteiger partial charge in [-0.25, -0.2) is 0 Å². The summed E-state index contributed by atoms with van der Waals surface area (Å²) < 4.78 is 1.44. The number of carbonyl (C=O) groups is 1. The minimum atomic E-state index is 0.307. The van der Waals surface area contributed by atoms with Gasteiger partial charge >= 0.3 is 0 Å². The molecule has 0 unspecified atom stereocenters. The molecule has 0 radical (unpaired) electrons. The van der Waals surface area contributed by atoms with Gasteiger partial charge in [-0.1, -0.05) is 35.5 Å². The topological polar surface area (TPSA) is 20.3 Å². The number of ketones is 1. The van der Waals surface area contributed by atoms with Crippen LogP contribution in [0.2, 0.25) is 0 Å². The number of nitrogens with zero attached hydrogens (tertiary/aromatic N) is 1. The van der Waals surface area contributed by atoms with Gasteiger partial charge in [-0.2, -0.15) is 0 Å². The minimum absolute atomic E-state index is 0.307. The number of fused-ring (bicyclic) bond motifs is 2. The molecule has 4 heteroatoms. The van der Waals surface area contributed by atoms with Gasteiger partial charge in [-0.15, -0.1) is 11.3 Å². The fraction of sp³-hybridized carbons (Fsp3) is 0.381. The van der Waals surface area contributed by atoms with Gasteiger partial charge in [0.05, 0.1) is 4.21 Å². The number of carbonyl (C=O) groups excluding carboxylic acids is 1. The molecule has 0 atom stereocenters. The Hall–Kier alpha value is -1.36. The van der Waals surface area contributed by atoms with E-state index in [4.69, 9.17) is 0 Å². The van der Waals surface area contributed by atoms with E-state index < -0.39 is 0 Å². The lowest BCUT2D eigenvalue weighted by atomic mass is 9.89. The van der Waals surface area contributed by atoms with Crippen molar-refractivity contribution in [3.8, 4) is 0 Å². The number of thiophene rings is 1. The van der Waals surface area contributed by atoms with Crippen molar-refractivity contribution in [2.75, 3.05) is 19.6 Å². The third kappa shape index (κ3) is 3.62. The molecule has 0 bridgehead atoms. The van der Waals surface area contributed by atoms with Gasteiger partial charge in [0.15, 0.2) is 0 Å². The molecule has 0 amide bonds. The molecule has 0 N–H and O–H groups in total. The summed E-state index contributed by atoms with van der Waals surface area (Å²) in [6.45, 7) is 4.98. The van der Waals surface area contributed by atoms with Crippen LogP contribution in [0.1, 0.15) is 43.7 Å². The van der Waals surface area contributed by atoms with Crippen LogP contribution < -0.4 is 0 Å². The van der Waals surface area contributed by atoms with Gasteiger partial charge in [0.2, 0.25) is 0 Å². The largest absolute Gasteiger partial charge is 0.303 e. The average molecular weight is 370 g/mol. The van der Waals surface area contributed by atoms with E-state index in [0.717, 1.165) is 38.9 Å². The zero-order valence-electron chi connectivity index (χ0n) is 14.6. The summed E-state index contributed by atoms with van der Waals surface area (Å²) in [7, 11) is 0. The van der Waals surface area contributed by atoms with E-state index in [1.165, 1.54) is 25.8 Å². The molecule has 0 aliphatic carbocycles. The van der Waals surface area contributed by atoms with Gasteiger partial charge in [0.25, 0.3) is 0 Å². The van der Waals surface area contributed by atoms with Crippen LogP contribution in [0.4, 0.5) is 0 Å². The normalized spacial score (nSPS) is 17.3. The van der Waals surface area contributed by atoms with Crippen LogP contribution >= 0.6 is 23.1 Å². The van der Waals surface area contributed by atoms with Crippen molar-refractivity contribution in [3.05, 3.63) is 52.4 Å². The number of likely N-dealkylation sites (tertiary alicyclic amines) is 1. The highest BCUT2D eigenvalue weighted by Crippen LogP contribution is 2.49. The molecule has 2 aromatic rings. The highest BCUT2D eigenvalue weighted by molar-refractivity contribution is 8.01. The van der Waals surface area contributed by atoms with Crippen molar-refractivity contribution < 1.29 is 4.79 Å². The third-order valence-corrected chi connectivity index (χ3v) is 7.30. The Balaban J connectivity index is 1.55. The first-order chi connectivity index (χ1) is 12.2. The lowest BCUT2D eigenvalue weighted by Gasteiger charge is -2.31. The molecule has 0 spiro atoms. The third-order valence-electron chi connectivity index (χ3n) is 5.07. The molecule has 3 heterocycles. The number of hydrogen-bond donors (Lipinski definition) is 0. The highest BCUT2D eigenvalue weighted by Gasteiger charge is 2.26. The summed E-state index contributed by atoms with van der Waals surface area (Å²) in [5.74, 6) is 0.307. The molecule has 1 fully saturated rings. The predicted octanol–water partition coefficient (Wildman–Crippen LogP) is 5.48. The molecule has 1 aromatic heterocycles. The van der Waals surface area contributed by atoms with Crippen LogP contribution in [0.5, 0.6) is 0 Å². The molecule has 2 nitrogen and oxygen atoms in total. The van der Waals surface area contributed by atoms with Crippen LogP contribution in [0.3, 0.4) is 0 Å². The van der Waals surface area contributed by atoms with Gasteiger partial charge in [0, 0.05) is 30.0 Å². The van der Waals surface area contributed by atoms with E-state index in [9.17, 15) is 4.79 Å².